The van der Waals surface area contributed by atoms with Crippen LogP contribution in [-0.4, -0.2) is 101 Å². The van der Waals surface area contributed by atoms with Gasteiger partial charge in [-0.1, -0.05) is 12.1 Å². The molecule has 0 unspecified atom stereocenters. The molecule has 2 aliphatic carbocycles. The van der Waals surface area contributed by atoms with E-state index in [-0.39, 0.29) is 44.0 Å². The molecule has 2 amide bonds. The molecule has 1 saturated heterocycles. The number of piperidine rings is 1. The molecule has 52 heavy (non-hydrogen) atoms. The summed E-state index contributed by atoms with van der Waals surface area (Å²) in [6.07, 6.45) is -0.0702. The number of hydrogen-bond acceptors (Lipinski definition) is 12. The van der Waals surface area contributed by atoms with Gasteiger partial charge in [0.2, 0.25) is 5.91 Å². The zero-order valence-corrected chi connectivity index (χ0v) is 31.7. The number of esters is 3. The summed E-state index contributed by atoms with van der Waals surface area (Å²) in [4.78, 5) is 66.0. The monoisotopic (exact) mass is 727 g/mol. The predicted molar refractivity (Wildman–Crippen MR) is 187 cm³/mol. The van der Waals surface area contributed by atoms with Crippen LogP contribution in [-0.2, 0) is 50.0 Å². The molecule has 2 bridgehead atoms. The lowest BCUT2D eigenvalue weighted by molar-refractivity contribution is -0.175. The predicted octanol–water partition coefficient (Wildman–Crippen LogP) is 3.27. The lowest BCUT2D eigenvalue weighted by Gasteiger charge is -2.61. The highest BCUT2D eigenvalue weighted by molar-refractivity contribution is 5.87. The number of ether oxygens (including phenoxy) is 5. The topological polar surface area (TPSA) is 179 Å². The van der Waals surface area contributed by atoms with Crippen molar-refractivity contribution in [2.45, 2.75) is 140 Å². The van der Waals surface area contributed by atoms with E-state index in [1.165, 1.54) is 6.92 Å². The summed E-state index contributed by atoms with van der Waals surface area (Å²) >= 11 is 0. The Balaban J connectivity index is 1.17. The maximum atomic E-state index is 13.3. The van der Waals surface area contributed by atoms with Gasteiger partial charge >= 0.3 is 24.0 Å². The van der Waals surface area contributed by atoms with E-state index in [2.05, 4.69) is 21.6 Å². The van der Waals surface area contributed by atoms with E-state index < -0.39 is 70.4 Å². The van der Waals surface area contributed by atoms with E-state index in [9.17, 15) is 29.1 Å². The van der Waals surface area contributed by atoms with Crippen LogP contribution in [0.15, 0.2) is 24.0 Å². The fraction of sp³-hybridized carbons (Fsp3) is 0.658. The summed E-state index contributed by atoms with van der Waals surface area (Å²) in [5.74, 6) is -1.75. The largest absolute Gasteiger partial charge is 0.481 e. The Morgan fingerprint density at radius 3 is 2.40 bits per heavy atom. The van der Waals surface area contributed by atoms with Gasteiger partial charge in [-0.05, 0) is 105 Å². The van der Waals surface area contributed by atoms with E-state index in [1.54, 1.807) is 47.6 Å². The van der Waals surface area contributed by atoms with Gasteiger partial charge in [-0.3, -0.25) is 14.4 Å². The average molecular weight is 728 g/mol. The molecule has 14 nitrogen and oxygen atoms in total. The lowest BCUT2D eigenvalue weighted by Crippen LogP contribution is -2.74. The van der Waals surface area contributed by atoms with Crippen molar-refractivity contribution in [1.29, 1.82) is 0 Å². The van der Waals surface area contributed by atoms with Gasteiger partial charge in [0, 0.05) is 31.0 Å². The second-order valence-electron chi connectivity index (χ2n) is 16.3. The first-order valence-corrected chi connectivity index (χ1v) is 18.0. The van der Waals surface area contributed by atoms with Crippen molar-refractivity contribution < 1.29 is 52.8 Å². The van der Waals surface area contributed by atoms with Crippen LogP contribution in [0.3, 0.4) is 0 Å². The first kappa shape index (κ1) is 39.0. The number of alkyl carbamates (subject to hydrolysis) is 1. The van der Waals surface area contributed by atoms with Crippen molar-refractivity contribution in [1.82, 2.24) is 15.5 Å². The summed E-state index contributed by atoms with van der Waals surface area (Å²) in [6, 6.07) is 2.84. The van der Waals surface area contributed by atoms with Crippen LogP contribution in [0.4, 0.5) is 4.79 Å². The molecule has 286 valence electrons. The zero-order chi connectivity index (χ0) is 38.4. The molecule has 1 aromatic carbocycles. The highest BCUT2D eigenvalue weighted by Gasteiger charge is 2.71. The zero-order valence-electron chi connectivity index (χ0n) is 31.7. The molecular weight excluding hydrogens is 674 g/mol. The molecule has 2 heterocycles. The Bertz CT molecular complexity index is 1640. The molecule has 2 aliphatic heterocycles. The van der Waals surface area contributed by atoms with Crippen molar-refractivity contribution >= 4 is 29.9 Å². The van der Waals surface area contributed by atoms with Crippen molar-refractivity contribution in [3.8, 4) is 5.75 Å². The summed E-state index contributed by atoms with van der Waals surface area (Å²) in [5, 5.41) is 17.4. The van der Waals surface area contributed by atoms with Gasteiger partial charge in [0.1, 0.15) is 28.8 Å². The van der Waals surface area contributed by atoms with Crippen LogP contribution in [0, 0.1) is 6.92 Å². The van der Waals surface area contributed by atoms with Crippen LogP contribution in [0.2, 0.25) is 0 Å². The van der Waals surface area contributed by atoms with Gasteiger partial charge in [0.15, 0.2) is 12.2 Å². The summed E-state index contributed by atoms with van der Waals surface area (Å²) in [6.45, 7) is 14.1. The van der Waals surface area contributed by atoms with E-state index >= 15 is 0 Å². The van der Waals surface area contributed by atoms with Crippen LogP contribution in [0.5, 0.6) is 5.75 Å². The highest BCUT2D eigenvalue weighted by Crippen LogP contribution is 2.64. The fourth-order valence-corrected chi connectivity index (χ4v) is 7.87. The van der Waals surface area contributed by atoms with Gasteiger partial charge in [-0.25, -0.2) is 9.59 Å². The number of likely N-dealkylation sites (tertiary alicyclic amines) is 1. The minimum Gasteiger partial charge on any atom is -0.481 e. The molecule has 1 aromatic rings. The number of carbonyl (C=O) groups excluding carboxylic acids is 5. The minimum absolute atomic E-state index is 0.0735. The molecule has 1 fully saturated rings. The average Bonchev–Trinajstić information content (AvgIpc) is 3.38. The van der Waals surface area contributed by atoms with Crippen molar-refractivity contribution in [2.75, 3.05) is 20.1 Å². The SMILES string of the molecule is Cc1ccc2c3c1O[C@H]1C(OC(=O)[C@H](C)OC(=O)CCNC(=O)[C@H](CCC(=O)OC(C)(C)C)NC(=O)OC(C)(C)C)=CC[C@@]4(O)[C@@H](C2)N(C)CC[C@]314. The number of benzene rings is 1. The Morgan fingerprint density at radius 1 is 1.04 bits per heavy atom. The molecule has 1 spiro atoms. The Kier molecular flexibility index (Phi) is 10.8. The van der Waals surface area contributed by atoms with Gasteiger partial charge in [-0.15, -0.1) is 0 Å². The van der Waals surface area contributed by atoms with Crippen LogP contribution < -0.4 is 15.4 Å². The number of aryl methyl sites for hydroxylation is 1. The number of nitrogens with one attached hydrogen (secondary N) is 2. The quantitative estimate of drug-likeness (QED) is 0.224. The van der Waals surface area contributed by atoms with Gasteiger partial charge in [0.05, 0.1) is 17.4 Å². The molecule has 5 rings (SSSR count). The maximum Gasteiger partial charge on any atom is 0.408 e. The van der Waals surface area contributed by atoms with Gasteiger partial charge in [-0.2, -0.15) is 0 Å². The third kappa shape index (κ3) is 7.78. The van der Waals surface area contributed by atoms with Gasteiger partial charge in [0.25, 0.3) is 0 Å². The molecule has 0 saturated carbocycles. The Hall–Kier alpha value is -4.17. The minimum atomic E-state index is -1.28. The number of aliphatic hydroxyl groups is 1. The number of likely N-dealkylation sites (N-methyl/N-ethyl adjacent to an activating group) is 1. The number of nitrogens with zero attached hydrogens (tertiary/aromatic N) is 1. The van der Waals surface area contributed by atoms with Gasteiger partial charge < -0.3 is 44.3 Å². The number of hydrogen-bond donors (Lipinski definition) is 3. The van der Waals surface area contributed by atoms with Crippen LogP contribution in [0.25, 0.3) is 0 Å². The second kappa shape index (κ2) is 14.3. The first-order chi connectivity index (χ1) is 24.1. The molecule has 14 heteroatoms. The summed E-state index contributed by atoms with van der Waals surface area (Å²) < 4.78 is 28.3. The maximum absolute atomic E-state index is 13.3. The van der Waals surface area contributed by atoms with Crippen molar-refractivity contribution in [2.24, 2.45) is 0 Å². The molecule has 4 aliphatic rings. The highest BCUT2D eigenvalue weighted by atomic mass is 16.6. The molecular formula is C38H53N3O11. The second-order valence-corrected chi connectivity index (χ2v) is 16.3. The smallest absolute Gasteiger partial charge is 0.408 e. The normalized spacial score (nSPS) is 25.7. The van der Waals surface area contributed by atoms with E-state index in [1.807, 2.05) is 20.0 Å². The number of amides is 2. The third-order valence-electron chi connectivity index (χ3n) is 10.1. The fourth-order valence-electron chi connectivity index (χ4n) is 7.87. The standard InChI is InChI=1S/C38H53N3O11/c1-21-10-11-23-20-26-38(47)16-14-25(31-37(38,17-19-41(26)9)29(23)30(21)50-31)49-33(45)22(2)48-27(42)15-18-39-32(44)24(40-34(46)52-36(6,7)8)12-13-28(43)51-35(3,4)5/h10-11,14,22,24,26,31,47H,12-13,15-20H2,1-9H3,(H,39,44)(H,40,46)/t22-,24-,26+,31-,37-,38+/m0/s1. The van der Waals surface area contributed by atoms with E-state index in [0.29, 0.717) is 12.8 Å². The molecule has 0 radical (unpaired) electrons. The lowest BCUT2D eigenvalue weighted by atomic mass is 9.50. The molecule has 3 N–H and O–H groups in total. The number of rotatable bonds is 11. The molecule has 6 atom stereocenters. The van der Waals surface area contributed by atoms with E-state index in [0.717, 1.165) is 29.0 Å². The first-order valence-electron chi connectivity index (χ1n) is 18.0. The number of carbonyl (C=O) groups is 5. The van der Waals surface area contributed by atoms with Crippen molar-refractivity contribution in [3.63, 3.8) is 0 Å². The van der Waals surface area contributed by atoms with E-state index in [4.69, 9.17) is 23.7 Å². The Labute approximate surface area is 304 Å². The summed E-state index contributed by atoms with van der Waals surface area (Å²) in [7, 11) is 2.02. The van der Waals surface area contributed by atoms with Crippen LogP contribution >= 0.6 is 0 Å². The third-order valence-corrected chi connectivity index (χ3v) is 10.1. The van der Waals surface area contributed by atoms with Crippen molar-refractivity contribution in [3.05, 3.63) is 40.7 Å². The van der Waals surface area contributed by atoms with Crippen LogP contribution in [0.1, 0.15) is 97.3 Å². The molecule has 0 aromatic heterocycles. The summed E-state index contributed by atoms with van der Waals surface area (Å²) in [5.41, 5.74) is -0.380. The Morgan fingerprint density at radius 2 is 1.73 bits per heavy atom.